The average molecular weight is 382 g/mol. The maximum absolute atomic E-state index is 3.79. The Morgan fingerprint density at radius 3 is 1.32 bits per heavy atom. The Balaban J connectivity index is 2.03. The van der Waals surface area contributed by atoms with Crippen molar-refractivity contribution in [2.24, 2.45) is 0 Å². The third kappa shape index (κ3) is 4.19. The smallest absolute Gasteiger partial charge is 0.0409 e. The number of hydrogen-bond acceptors (Lipinski definition) is 0. The molecule has 2 rings (SSSR count). The van der Waals surface area contributed by atoms with E-state index < -0.39 is 0 Å². The van der Waals surface area contributed by atoms with Gasteiger partial charge in [0, 0.05) is 9.65 Å². The van der Waals surface area contributed by atoms with E-state index in [-0.39, 0.29) is 0 Å². The molecular weight excluding hydrogens is 364 g/mol. The Hall–Kier alpha value is -0.600. The predicted molar refractivity (Wildman–Crippen MR) is 90.3 cm³/mol. The molecule has 0 spiro atoms. The molecule has 0 bridgehead atoms. The number of hydrogen-bond donors (Lipinski definition) is 0. The lowest BCUT2D eigenvalue weighted by atomic mass is 10.0. The van der Waals surface area contributed by atoms with E-state index in [2.05, 4.69) is 94.2 Å². The number of alkyl halides is 2. The Morgan fingerprint density at radius 2 is 1.00 bits per heavy atom. The van der Waals surface area contributed by atoms with E-state index in [1.54, 1.807) is 0 Å². The van der Waals surface area contributed by atoms with Gasteiger partial charge in [0.2, 0.25) is 0 Å². The Morgan fingerprint density at radius 1 is 0.684 bits per heavy atom. The van der Waals surface area contributed by atoms with E-state index in [0.29, 0.717) is 9.65 Å². The number of halogens is 2. The van der Waals surface area contributed by atoms with Crippen molar-refractivity contribution in [1.82, 2.24) is 0 Å². The monoisotopic (exact) mass is 380 g/mol. The summed E-state index contributed by atoms with van der Waals surface area (Å²) in [6, 6.07) is 17.5. The number of rotatable bonds is 4. The molecule has 0 fully saturated rings. The Bertz CT molecular complexity index is 464. The van der Waals surface area contributed by atoms with E-state index in [0.717, 1.165) is 6.42 Å². The minimum Gasteiger partial charge on any atom is -0.0838 e. The van der Waals surface area contributed by atoms with Crippen molar-refractivity contribution in [3.8, 4) is 0 Å². The molecule has 0 aromatic heterocycles. The highest BCUT2D eigenvalue weighted by molar-refractivity contribution is 9.09. The van der Waals surface area contributed by atoms with Gasteiger partial charge in [-0.3, -0.25) is 0 Å². The van der Waals surface area contributed by atoms with Crippen LogP contribution in [0.2, 0.25) is 0 Å². The molecular formula is C17H18Br2. The van der Waals surface area contributed by atoms with Crippen LogP contribution in [0.4, 0.5) is 0 Å². The second-order valence-electron chi connectivity index (χ2n) is 4.99. The summed E-state index contributed by atoms with van der Waals surface area (Å²) in [4.78, 5) is 0.748. The van der Waals surface area contributed by atoms with Gasteiger partial charge >= 0.3 is 0 Å². The molecule has 2 atom stereocenters. The van der Waals surface area contributed by atoms with Crippen LogP contribution in [-0.2, 0) is 0 Å². The van der Waals surface area contributed by atoms with Crippen LogP contribution < -0.4 is 0 Å². The molecule has 0 nitrogen and oxygen atoms in total. The molecule has 0 aliphatic heterocycles. The van der Waals surface area contributed by atoms with Gasteiger partial charge in [0.05, 0.1) is 0 Å². The highest BCUT2D eigenvalue weighted by Gasteiger charge is 2.14. The maximum Gasteiger partial charge on any atom is 0.0409 e. The van der Waals surface area contributed by atoms with Crippen molar-refractivity contribution < 1.29 is 0 Å². The normalized spacial score (nSPS) is 14.1. The molecule has 2 aromatic carbocycles. The van der Waals surface area contributed by atoms with Crippen molar-refractivity contribution in [2.45, 2.75) is 29.9 Å². The highest BCUT2D eigenvalue weighted by Crippen LogP contribution is 2.37. The zero-order valence-electron chi connectivity index (χ0n) is 11.2. The molecule has 2 aromatic rings. The van der Waals surface area contributed by atoms with Crippen molar-refractivity contribution >= 4 is 31.9 Å². The van der Waals surface area contributed by atoms with Gasteiger partial charge in [0.1, 0.15) is 0 Å². The lowest BCUT2D eigenvalue weighted by Gasteiger charge is -2.16. The maximum atomic E-state index is 3.79. The van der Waals surface area contributed by atoms with Crippen molar-refractivity contribution in [2.75, 3.05) is 0 Å². The second-order valence-corrected chi connectivity index (χ2v) is 7.20. The molecule has 0 radical (unpaired) electrons. The molecule has 0 N–H and O–H groups in total. The zero-order valence-corrected chi connectivity index (χ0v) is 14.4. The zero-order chi connectivity index (χ0) is 13.8. The molecule has 0 saturated carbocycles. The first kappa shape index (κ1) is 14.8. The summed E-state index contributed by atoms with van der Waals surface area (Å²) in [6.07, 6.45) is 1.03. The van der Waals surface area contributed by atoms with E-state index in [9.17, 15) is 0 Å². The summed E-state index contributed by atoms with van der Waals surface area (Å²) in [5, 5.41) is 0. The third-order valence-corrected chi connectivity index (χ3v) is 5.10. The van der Waals surface area contributed by atoms with Crippen LogP contribution >= 0.6 is 31.9 Å². The largest absolute Gasteiger partial charge is 0.0838 e. The van der Waals surface area contributed by atoms with Crippen LogP contribution in [0.3, 0.4) is 0 Å². The quantitative estimate of drug-likeness (QED) is 0.547. The van der Waals surface area contributed by atoms with Gasteiger partial charge in [-0.2, -0.15) is 0 Å². The van der Waals surface area contributed by atoms with Gasteiger partial charge in [-0.15, -0.1) is 0 Å². The van der Waals surface area contributed by atoms with E-state index >= 15 is 0 Å². The van der Waals surface area contributed by atoms with Gasteiger partial charge in [0.15, 0.2) is 0 Å². The fourth-order valence-corrected chi connectivity index (χ4v) is 3.86. The SMILES string of the molecule is Cc1ccc(C(Br)CC(Br)c2ccc(C)cc2)cc1. The van der Waals surface area contributed by atoms with Gasteiger partial charge in [-0.05, 0) is 31.4 Å². The van der Waals surface area contributed by atoms with Crippen LogP contribution in [-0.4, -0.2) is 0 Å². The van der Waals surface area contributed by atoms with Gasteiger partial charge < -0.3 is 0 Å². The van der Waals surface area contributed by atoms with Crippen molar-refractivity contribution in [3.63, 3.8) is 0 Å². The van der Waals surface area contributed by atoms with Gasteiger partial charge in [-0.25, -0.2) is 0 Å². The first-order valence-corrected chi connectivity index (χ1v) is 8.30. The van der Waals surface area contributed by atoms with Crippen LogP contribution in [0.15, 0.2) is 48.5 Å². The number of benzene rings is 2. The minimum atomic E-state index is 0.374. The van der Waals surface area contributed by atoms with E-state index in [1.807, 2.05) is 0 Å². The first-order chi connectivity index (χ1) is 9.06. The topological polar surface area (TPSA) is 0 Å². The minimum absolute atomic E-state index is 0.374. The lowest BCUT2D eigenvalue weighted by Crippen LogP contribution is -1.97. The fourth-order valence-electron chi connectivity index (χ4n) is 2.00. The summed E-state index contributed by atoms with van der Waals surface area (Å²) in [5.41, 5.74) is 5.28. The van der Waals surface area contributed by atoms with Crippen LogP contribution in [0.25, 0.3) is 0 Å². The summed E-state index contributed by atoms with van der Waals surface area (Å²) >= 11 is 7.59. The molecule has 19 heavy (non-hydrogen) atoms. The van der Waals surface area contributed by atoms with Gasteiger partial charge in [0.25, 0.3) is 0 Å². The standard InChI is InChI=1S/C17H18Br2/c1-12-3-7-14(8-4-12)16(18)11-17(19)15-9-5-13(2)6-10-15/h3-10,16-17H,11H2,1-2H3. The molecule has 2 unspecified atom stereocenters. The highest BCUT2D eigenvalue weighted by atomic mass is 79.9. The summed E-state index contributed by atoms with van der Waals surface area (Å²) in [7, 11) is 0. The summed E-state index contributed by atoms with van der Waals surface area (Å²) in [5.74, 6) is 0. The summed E-state index contributed by atoms with van der Waals surface area (Å²) < 4.78 is 0. The molecule has 100 valence electrons. The molecule has 0 aliphatic rings. The van der Waals surface area contributed by atoms with Crippen LogP contribution in [0.1, 0.15) is 38.3 Å². The average Bonchev–Trinajstić information content (AvgIpc) is 2.40. The first-order valence-electron chi connectivity index (χ1n) is 6.47. The molecule has 0 amide bonds. The second kappa shape index (κ2) is 6.71. The van der Waals surface area contributed by atoms with E-state index in [1.165, 1.54) is 22.3 Å². The van der Waals surface area contributed by atoms with Crippen LogP contribution in [0.5, 0.6) is 0 Å². The Kier molecular flexibility index (Phi) is 5.23. The summed E-state index contributed by atoms with van der Waals surface area (Å²) in [6.45, 7) is 4.24. The molecule has 2 heteroatoms. The Labute approximate surface area is 132 Å². The lowest BCUT2D eigenvalue weighted by molar-refractivity contribution is 0.806. The third-order valence-electron chi connectivity index (χ3n) is 3.29. The fraction of sp³-hybridized carbons (Fsp3) is 0.294. The van der Waals surface area contributed by atoms with E-state index in [4.69, 9.17) is 0 Å². The molecule has 0 heterocycles. The van der Waals surface area contributed by atoms with Gasteiger partial charge in [-0.1, -0.05) is 91.5 Å². The van der Waals surface area contributed by atoms with Crippen molar-refractivity contribution in [3.05, 3.63) is 70.8 Å². The molecule has 0 aliphatic carbocycles. The molecule has 0 saturated heterocycles. The predicted octanol–water partition coefficient (Wildman–Crippen LogP) is 6.27. The number of aryl methyl sites for hydroxylation is 2. The van der Waals surface area contributed by atoms with Crippen molar-refractivity contribution in [1.29, 1.82) is 0 Å². The van der Waals surface area contributed by atoms with Crippen LogP contribution in [0, 0.1) is 13.8 Å².